The van der Waals surface area contributed by atoms with Gasteiger partial charge in [-0.2, -0.15) is 0 Å². The molecule has 0 aliphatic carbocycles. The normalized spacial score (nSPS) is 13.5. The summed E-state index contributed by atoms with van der Waals surface area (Å²) in [4.78, 5) is 23.5. The molecule has 0 saturated heterocycles. The minimum absolute atomic E-state index is 0.0783. The fourth-order valence-electron chi connectivity index (χ4n) is 12.3. The molecule has 508 valence electrons. The van der Waals surface area contributed by atoms with Gasteiger partial charge in [0.25, 0.3) is 0 Å². The minimum Gasteiger partial charge on any atom is -0.391 e. The van der Waals surface area contributed by atoms with Gasteiger partial charge in [0.05, 0.1) is 39.9 Å². The van der Waals surface area contributed by atoms with Crippen LogP contribution in [-0.2, 0) is 18.4 Å². The lowest BCUT2D eigenvalue weighted by atomic mass is 10.0. The van der Waals surface area contributed by atoms with Crippen molar-refractivity contribution in [2.75, 3.05) is 40.9 Å². The number of nitrogens with zero attached hydrogens (tertiary/aromatic N) is 1. The van der Waals surface area contributed by atoms with E-state index < -0.39 is 20.0 Å². The summed E-state index contributed by atoms with van der Waals surface area (Å²) in [6, 6.07) is -0.759. The highest BCUT2D eigenvalue weighted by atomic mass is 31.2. The smallest absolute Gasteiger partial charge is 0.391 e. The molecule has 0 radical (unpaired) electrons. The molecule has 0 aliphatic rings. The van der Waals surface area contributed by atoms with Crippen molar-refractivity contribution in [2.45, 2.75) is 431 Å². The first kappa shape index (κ1) is 84.2. The molecule has 3 unspecified atom stereocenters. The Morgan fingerprint density at radius 3 is 0.906 bits per heavy atom. The first-order valence-corrected chi connectivity index (χ1v) is 40.0. The third-order valence-corrected chi connectivity index (χ3v) is 19.2. The number of quaternary nitrogens is 1. The maximum Gasteiger partial charge on any atom is 0.472 e. The first-order valence-electron chi connectivity index (χ1n) is 38.6. The topological polar surface area (TPSA) is 105 Å². The van der Waals surface area contributed by atoms with Gasteiger partial charge < -0.3 is 19.8 Å². The Bertz CT molecular complexity index is 1390. The van der Waals surface area contributed by atoms with E-state index in [1.54, 1.807) is 0 Å². The fraction of sp³-hybridized carbons (Fsp3) is 0.961. The molecule has 0 fully saturated rings. The number of aliphatic hydroxyl groups excluding tert-OH is 1. The van der Waals surface area contributed by atoms with Crippen LogP contribution in [0.4, 0.5) is 0 Å². The molecule has 0 aromatic rings. The lowest BCUT2D eigenvalue weighted by Gasteiger charge is -2.26. The van der Waals surface area contributed by atoms with Crippen LogP contribution in [0.1, 0.15) is 418 Å². The van der Waals surface area contributed by atoms with Gasteiger partial charge in [-0.15, -0.1) is 0 Å². The van der Waals surface area contributed by atoms with Gasteiger partial charge in [0.1, 0.15) is 13.2 Å². The number of phosphoric ester groups is 1. The molecule has 85 heavy (non-hydrogen) atoms. The number of carbonyl (C=O) groups excluding carboxylic acids is 1. The van der Waals surface area contributed by atoms with Gasteiger partial charge in [0, 0.05) is 6.42 Å². The fourth-order valence-corrected chi connectivity index (χ4v) is 13.0. The highest BCUT2D eigenvalue weighted by Crippen LogP contribution is 2.43. The van der Waals surface area contributed by atoms with E-state index in [0.717, 1.165) is 38.5 Å². The molecule has 0 rings (SSSR count). The summed E-state index contributed by atoms with van der Waals surface area (Å²) in [5, 5.41) is 14.2. The second kappa shape index (κ2) is 67.6. The molecule has 3 atom stereocenters. The van der Waals surface area contributed by atoms with Crippen LogP contribution in [0.5, 0.6) is 0 Å². The molecule has 3 N–H and O–H groups in total. The predicted octanol–water partition coefficient (Wildman–Crippen LogP) is 24.8. The van der Waals surface area contributed by atoms with E-state index in [4.69, 9.17) is 9.05 Å². The van der Waals surface area contributed by atoms with Gasteiger partial charge in [-0.3, -0.25) is 13.8 Å². The van der Waals surface area contributed by atoms with Crippen molar-refractivity contribution in [3.8, 4) is 0 Å². The van der Waals surface area contributed by atoms with Gasteiger partial charge >= 0.3 is 7.82 Å². The van der Waals surface area contributed by atoms with Crippen molar-refractivity contribution in [3.05, 3.63) is 12.2 Å². The number of hydrogen-bond donors (Lipinski definition) is 3. The summed E-state index contributed by atoms with van der Waals surface area (Å²) in [6.07, 6.45) is 87.8. The molecule has 0 aromatic carbocycles. The van der Waals surface area contributed by atoms with Gasteiger partial charge in [-0.05, 0) is 38.5 Å². The average Bonchev–Trinajstić information content (AvgIpc) is 3.49. The maximum absolute atomic E-state index is 13.1. The van der Waals surface area contributed by atoms with Crippen molar-refractivity contribution in [1.82, 2.24) is 5.32 Å². The SMILES string of the molecule is CCCCCCCCCCCCCCCCCCCC/C=C\CCCCCCCCCCCCCCCCCCCC(=O)NC(COP(=O)(O)OCC[N+](C)(C)C)C(O)CCCCCCCCCCCCCCCCCCCCCCCCCC. The molecular weight excluding hydrogens is 1070 g/mol. The van der Waals surface area contributed by atoms with Crippen LogP contribution in [0.25, 0.3) is 0 Å². The Balaban J connectivity index is 3.89. The van der Waals surface area contributed by atoms with E-state index in [1.165, 1.54) is 353 Å². The van der Waals surface area contributed by atoms with Crippen molar-refractivity contribution in [1.29, 1.82) is 0 Å². The van der Waals surface area contributed by atoms with E-state index in [0.29, 0.717) is 23.9 Å². The molecule has 9 heteroatoms. The Labute approximate surface area is 532 Å². The van der Waals surface area contributed by atoms with Crippen LogP contribution in [0.2, 0.25) is 0 Å². The second-order valence-electron chi connectivity index (χ2n) is 28.1. The van der Waals surface area contributed by atoms with Gasteiger partial charge in [-0.1, -0.05) is 386 Å². The zero-order valence-electron chi connectivity index (χ0n) is 58.4. The number of aliphatic hydroxyl groups is 1. The molecule has 0 aromatic heterocycles. The third-order valence-electron chi connectivity index (χ3n) is 18.3. The number of phosphoric acid groups is 1. The number of rotatable bonds is 73. The van der Waals surface area contributed by atoms with Crippen molar-refractivity contribution < 1.29 is 32.9 Å². The van der Waals surface area contributed by atoms with Crippen molar-refractivity contribution in [2.24, 2.45) is 0 Å². The number of allylic oxidation sites excluding steroid dienone is 2. The summed E-state index contributed by atoms with van der Waals surface area (Å²) in [5.41, 5.74) is 0. The molecular formula is C76H154N2O6P+. The number of unbranched alkanes of at least 4 members (excludes halogenated alkanes) is 58. The molecule has 0 bridgehead atoms. The highest BCUT2D eigenvalue weighted by molar-refractivity contribution is 7.47. The summed E-state index contributed by atoms with van der Waals surface area (Å²) in [6.45, 7) is 4.97. The van der Waals surface area contributed by atoms with Gasteiger partial charge in [0.15, 0.2) is 0 Å². The number of hydrogen-bond acceptors (Lipinski definition) is 5. The molecule has 1 amide bonds. The maximum atomic E-state index is 13.1. The van der Waals surface area contributed by atoms with Crippen LogP contribution in [-0.4, -0.2) is 73.4 Å². The van der Waals surface area contributed by atoms with Crippen molar-refractivity contribution >= 4 is 13.7 Å². The highest BCUT2D eigenvalue weighted by Gasteiger charge is 2.28. The Morgan fingerprint density at radius 2 is 0.635 bits per heavy atom. The summed E-state index contributed by atoms with van der Waals surface area (Å²) in [7, 11) is 1.64. The Morgan fingerprint density at radius 1 is 0.388 bits per heavy atom. The van der Waals surface area contributed by atoms with Crippen LogP contribution in [0.15, 0.2) is 12.2 Å². The Hall–Kier alpha value is -0.760. The zero-order chi connectivity index (χ0) is 61.9. The second-order valence-corrected chi connectivity index (χ2v) is 29.5. The van der Waals surface area contributed by atoms with Gasteiger partial charge in [-0.25, -0.2) is 4.57 Å². The summed E-state index contributed by atoms with van der Waals surface area (Å²) < 4.78 is 23.9. The lowest BCUT2D eigenvalue weighted by Crippen LogP contribution is -2.46. The van der Waals surface area contributed by atoms with Gasteiger partial charge in [0.2, 0.25) is 5.91 Å². The summed E-state index contributed by atoms with van der Waals surface area (Å²) in [5.74, 6) is -0.134. The van der Waals surface area contributed by atoms with Crippen LogP contribution in [0, 0.1) is 0 Å². The quantitative estimate of drug-likeness (QED) is 0.0243. The number of carbonyl (C=O) groups is 1. The standard InChI is InChI=1S/C76H153N2O6P/c1-6-8-10-12-14-16-18-20-22-24-26-28-30-32-33-34-35-36-37-38-39-40-41-42-43-44-45-46-48-50-52-54-56-58-60-62-64-66-68-70-76(80)77-74(73-84-85(81,82)83-72-71-78(3,4)5)75(79)69-67-65-63-61-59-57-55-53-51-49-47-31-29-27-25-23-21-19-17-15-13-11-9-7-2/h38-39,74-75,79H,6-37,40-73H2,1-5H3,(H-,77,80,81,82)/p+1/b39-38-. The van der Waals surface area contributed by atoms with E-state index in [1.807, 2.05) is 21.1 Å². The van der Waals surface area contributed by atoms with Crippen molar-refractivity contribution in [3.63, 3.8) is 0 Å². The zero-order valence-corrected chi connectivity index (χ0v) is 59.3. The molecule has 0 heterocycles. The number of nitrogens with one attached hydrogen (secondary N) is 1. The molecule has 8 nitrogen and oxygen atoms in total. The number of amides is 1. The van der Waals surface area contributed by atoms with E-state index >= 15 is 0 Å². The average molecular weight is 1220 g/mol. The Kier molecular flexibility index (Phi) is 67.0. The molecule has 0 aliphatic heterocycles. The van der Waals surface area contributed by atoms with E-state index in [9.17, 15) is 19.4 Å². The third kappa shape index (κ3) is 70.6. The van der Waals surface area contributed by atoms with Crippen LogP contribution < -0.4 is 5.32 Å². The molecule has 0 spiro atoms. The molecule has 0 saturated carbocycles. The summed E-state index contributed by atoms with van der Waals surface area (Å²) >= 11 is 0. The lowest BCUT2D eigenvalue weighted by molar-refractivity contribution is -0.870. The van der Waals surface area contributed by atoms with E-state index in [2.05, 4.69) is 31.3 Å². The minimum atomic E-state index is -4.33. The largest absolute Gasteiger partial charge is 0.472 e. The van der Waals surface area contributed by atoms with E-state index in [-0.39, 0.29) is 19.1 Å². The van der Waals surface area contributed by atoms with Crippen LogP contribution >= 0.6 is 7.82 Å². The van der Waals surface area contributed by atoms with Crippen LogP contribution in [0.3, 0.4) is 0 Å². The monoisotopic (exact) mass is 1220 g/mol. The first-order chi connectivity index (χ1) is 41.5. The number of likely N-dealkylation sites (N-methyl/N-ethyl adjacent to an activating group) is 1. The predicted molar refractivity (Wildman–Crippen MR) is 374 cm³/mol.